The van der Waals surface area contributed by atoms with Crippen molar-refractivity contribution < 1.29 is 9.21 Å². The zero-order chi connectivity index (χ0) is 23.8. The largest absolute Gasteiger partial charge is 0.450 e. The van der Waals surface area contributed by atoms with Crippen LogP contribution in [0.2, 0.25) is 10.0 Å². The standard InChI is InChI=1S/C25H15BrCl2IN3O2/c26-17-8-15-9-23(34-24(15)21(29)10-17)25(33)31-30-11-16-13-32(22-4-2-1-3-18(16)22)12-14-5-6-19(27)20(28)7-14/h1-11,13H,12H2,(H,31,33)/b30-11-. The van der Waals surface area contributed by atoms with Gasteiger partial charge in [-0.25, -0.2) is 5.43 Å². The molecule has 0 aliphatic heterocycles. The SMILES string of the molecule is O=C(N/N=C\c1cn(Cc2ccc(Cl)c(Cl)c2)c2ccccc12)c1cc2cc(Br)cc(I)c2o1. The van der Waals surface area contributed by atoms with Crippen molar-refractivity contribution >= 4 is 95.7 Å². The topological polar surface area (TPSA) is 59.5 Å². The molecule has 5 rings (SSSR count). The second-order valence-corrected chi connectivity index (χ2v) is 10.5. The molecule has 0 aliphatic carbocycles. The van der Waals surface area contributed by atoms with E-state index >= 15 is 0 Å². The summed E-state index contributed by atoms with van der Waals surface area (Å²) in [4.78, 5) is 12.6. The number of nitrogens with one attached hydrogen (secondary N) is 1. The van der Waals surface area contributed by atoms with Crippen molar-refractivity contribution in [2.45, 2.75) is 6.54 Å². The smallest absolute Gasteiger partial charge is 0.307 e. The number of fused-ring (bicyclic) bond motifs is 2. The van der Waals surface area contributed by atoms with Gasteiger partial charge in [-0.15, -0.1) is 0 Å². The van der Waals surface area contributed by atoms with Gasteiger partial charge in [0, 0.05) is 39.1 Å². The third kappa shape index (κ3) is 4.75. The monoisotopic (exact) mass is 665 g/mol. The first-order chi connectivity index (χ1) is 16.4. The van der Waals surface area contributed by atoms with E-state index in [0.29, 0.717) is 22.2 Å². The van der Waals surface area contributed by atoms with Crippen molar-refractivity contribution in [1.82, 2.24) is 9.99 Å². The molecule has 0 radical (unpaired) electrons. The fourth-order valence-corrected chi connectivity index (χ4v) is 5.73. The molecule has 0 saturated carbocycles. The number of nitrogens with zero attached hydrogens (tertiary/aromatic N) is 2. The Kier molecular flexibility index (Phi) is 6.70. The molecule has 1 N–H and O–H groups in total. The van der Waals surface area contributed by atoms with Crippen molar-refractivity contribution in [2.24, 2.45) is 5.10 Å². The Balaban J connectivity index is 1.38. The summed E-state index contributed by atoms with van der Waals surface area (Å²) in [6, 6.07) is 19.2. The average molecular weight is 667 g/mol. The van der Waals surface area contributed by atoms with Crippen LogP contribution in [0.3, 0.4) is 0 Å². The first-order valence-corrected chi connectivity index (χ1v) is 12.8. The summed E-state index contributed by atoms with van der Waals surface area (Å²) in [7, 11) is 0. The van der Waals surface area contributed by atoms with E-state index in [1.807, 2.05) is 54.7 Å². The number of para-hydroxylation sites is 1. The van der Waals surface area contributed by atoms with Crippen LogP contribution >= 0.6 is 61.7 Å². The Morgan fingerprint density at radius 2 is 1.94 bits per heavy atom. The average Bonchev–Trinajstić information content (AvgIpc) is 3.39. The van der Waals surface area contributed by atoms with Crippen molar-refractivity contribution in [3.05, 3.63) is 102 Å². The molecule has 0 aliphatic rings. The number of aromatic nitrogens is 1. The van der Waals surface area contributed by atoms with E-state index in [0.717, 1.165) is 35.5 Å². The summed E-state index contributed by atoms with van der Waals surface area (Å²) < 4.78 is 9.69. The molecule has 0 fully saturated rings. The van der Waals surface area contributed by atoms with E-state index in [9.17, 15) is 4.79 Å². The van der Waals surface area contributed by atoms with E-state index < -0.39 is 5.91 Å². The Morgan fingerprint density at radius 3 is 2.76 bits per heavy atom. The van der Waals surface area contributed by atoms with Gasteiger partial charge in [-0.3, -0.25) is 4.79 Å². The molecule has 3 aromatic carbocycles. The van der Waals surface area contributed by atoms with Crippen LogP contribution in [0.5, 0.6) is 0 Å². The number of halogens is 4. The lowest BCUT2D eigenvalue weighted by Gasteiger charge is -2.06. The Labute approximate surface area is 227 Å². The number of amides is 1. The fraction of sp³-hybridized carbons (Fsp3) is 0.0400. The molecule has 2 heterocycles. The van der Waals surface area contributed by atoms with Crippen LogP contribution in [-0.4, -0.2) is 16.7 Å². The number of furan rings is 1. The van der Waals surface area contributed by atoms with Gasteiger partial charge in [-0.2, -0.15) is 5.10 Å². The van der Waals surface area contributed by atoms with Gasteiger partial charge in [0.2, 0.25) is 0 Å². The highest BCUT2D eigenvalue weighted by Crippen LogP contribution is 2.29. The summed E-state index contributed by atoms with van der Waals surface area (Å²) in [5.41, 5.74) is 6.17. The summed E-state index contributed by atoms with van der Waals surface area (Å²) >= 11 is 17.9. The van der Waals surface area contributed by atoms with Crippen LogP contribution in [0.4, 0.5) is 0 Å². The van der Waals surface area contributed by atoms with E-state index in [1.54, 1.807) is 18.3 Å². The molecule has 9 heteroatoms. The molecule has 34 heavy (non-hydrogen) atoms. The van der Waals surface area contributed by atoms with Gasteiger partial charge in [-0.05, 0) is 64.6 Å². The second kappa shape index (κ2) is 9.73. The third-order valence-corrected chi connectivity index (χ3v) is 7.28. The first kappa shape index (κ1) is 23.4. The molecular formula is C25H15BrCl2IN3O2. The van der Waals surface area contributed by atoms with E-state index in [1.165, 1.54) is 0 Å². The predicted molar refractivity (Wildman–Crippen MR) is 149 cm³/mol. The summed E-state index contributed by atoms with van der Waals surface area (Å²) in [5, 5.41) is 7.09. The van der Waals surface area contributed by atoms with E-state index in [-0.39, 0.29) is 5.76 Å². The highest BCUT2D eigenvalue weighted by molar-refractivity contribution is 14.1. The zero-order valence-corrected chi connectivity index (χ0v) is 22.6. The van der Waals surface area contributed by atoms with Gasteiger partial charge in [0.05, 0.1) is 19.8 Å². The van der Waals surface area contributed by atoms with Gasteiger partial charge < -0.3 is 8.98 Å². The molecule has 0 saturated heterocycles. The maximum atomic E-state index is 12.6. The zero-order valence-electron chi connectivity index (χ0n) is 17.4. The van der Waals surface area contributed by atoms with Gasteiger partial charge in [0.1, 0.15) is 5.58 Å². The molecular weight excluding hydrogens is 652 g/mol. The minimum absolute atomic E-state index is 0.199. The number of carbonyl (C=O) groups is 1. The molecule has 5 nitrogen and oxygen atoms in total. The summed E-state index contributed by atoms with van der Waals surface area (Å²) in [6.45, 7) is 0.616. The van der Waals surface area contributed by atoms with Crippen LogP contribution in [0.1, 0.15) is 21.7 Å². The van der Waals surface area contributed by atoms with Crippen LogP contribution in [0, 0.1) is 3.57 Å². The Bertz CT molecular complexity index is 1590. The van der Waals surface area contributed by atoms with Crippen LogP contribution in [-0.2, 0) is 6.54 Å². The number of hydrogen-bond acceptors (Lipinski definition) is 3. The highest BCUT2D eigenvalue weighted by Gasteiger charge is 2.14. The van der Waals surface area contributed by atoms with E-state index in [4.69, 9.17) is 27.6 Å². The Hall–Kier alpha value is -2.33. The highest BCUT2D eigenvalue weighted by atomic mass is 127. The molecule has 170 valence electrons. The Morgan fingerprint density at radius 1 is 1.12 bits per heavy atom. The molecule has 5 aromatic rings. The lowest BCUT2D eigenvalue weighted by atomic mass is 10.2. The lowest BCUT2D eigenvalue weighted by molar-refractivity contribution is 0.0929. The number of carbonyl (C=O) groups excluding carboxylic acids is 1. The minimum Gasteiger partial charge on any atom is -0.450 e. The number of benzene rings is 3. The fourth-order valence-electron chi connectivity index (χ4n) is 3.75. The van der Waals surface area contributed by atoms with Crippen molar-refractivity contribution in [2.75, 3.05) is 0 Å². The lowest BCUT2D eigenvalue weighted by Crippen LogP contribution is -2.16. The minimum atomic E-state index is -0.418. The maximum absolute atomic E-state index is 12.6. The molecule has 1 amide bonds. The van der Waals surface area contributed by atoms with Crippen molar-refractivity contribution in [3.63, 3.8) is 0 Å². The predicted octanol–water partition coefficient (Wildman–Crippen LogP) is 7.87. The number of rotatable bonds is 5. The quantitative estimate of drug-likeness (QED) is 0.118. The molecule has 0 atom stereocenters. The molecule has 0 unspecified atom stereocenters. The number of hydrogen-bond donors (Lipinski definition) is 1. The number of hydrazone groups is 1. The molecule has 0 spiro atoms. The third-order valence-electron chi connectivity index (χ3n) is 5.29. The molecule has 2 aromatic heterocycles. The van der Waals surface area contributed by atoms with Gasteiger partial charge >= 0.3 is 5.91 Å². The van der Waals surface area contributed by atoms with Gasteiger partial charge in [-0.1, -0.05) is 63.4 Å². The molecule has 0 bridgehead atoms. The maximum Gasteiger partial charge on any atom is 0.307 e. The summed E-state index contributed by atoms with van der Waals surface area (Å²) in [5.74, 6) is -0.218. The van der Waals surface area contributed by atoms with Gasteiger partial charge in [0.15, 0.2) is 5.76 Å². The van der Waals surface area contributed by atoms with Crippen LogP contribution in [0.15, 0.2) is 80.9 Å². The van der Waals surface area contributed by atoms with Crippen molar-refractivity contribution in [3.8, 4) is 0 Å². The summed E-state index contributed by atoms with van der Waals surface area (Å²) in [6.07, 6.45) is 3.62. The van der Waals surface area contributed by atoms with E-state index in [2.05, 4.69) is 53.6 Å². The van der Waals surface area contributed by atoms with Gasteiger partial charge in [0.25, 0.3) is 0 Å². The van der Waals surface area contributed by atoms with Crippen LogP contribution in [0.25, 0.3) is 21.9 Å². The van der Waals surface area contributed by atoms with Crippen molar-refractivity contribution in [1.29, 1.82) is 0 Å². The normalized spacial score (nSPS) is 11.6. The van der Waals surface area contributed by atoms with Crippen LogP contribution < -0.4 is 5.43 Å². The first-order valence-electron chi connectivity index (χ1n) is 10.1. The second-order valence-electron chi connectivity index (χ2n) is 7.59.